The average Bonchev–Trinajstić information content (AvgIpc) is 2.80. The normalized spacial score (nSPS) is 18.2. The Morgan fingerprint density at radius 3 is 2.50 bits per heavy atom. The van der Waals surface area contributed by atoms with Crippen LogP contribution >= 0.6 is 0 Å². The first kappa shape index (κ1) is 22.1. The van der Waals surface area contributed by atoms with Gasteiger partial charge in [-0.05, 0) is 54.1 Å². The van der Waals surface area contributed by atoms with Gasteiger partial charge in [-0.2, -0.15) is 0 Å². The van der Waals surface area contributed by atoms with E-state index in [-0.39, 0.29) is 17.2 Å². The van der Waals surface area contributed by atoms with Crippen molar-refractivity contribution in [3.63, 3.8) is 0 Å². The third-order valence-corrected chi connectivity index (χ3v) is 5.49. The molecule has 5 heteroatoms. The molecule has 0 spiro atoms. The zero-order chi connectivity index (χ0) is 22.5. The molecule has 3 aromatic carbocycles. The van der Waals surface area contributed by atoms with Gasteiger partial charge in [0, 0.05) is 23.3 Å². The zero-order valence-electron chi connectivity index (χ0n) is 17.5. The highest BCUT2D eigenvalue weighted by Gasteiger charge is 2.21. The Labute approximate surface area is 185 Å². The van der Waals surface area contributed by atoms with Crippen LogP contribution in [-0.4, -0.2) is 19.5 Å². The first-order valence-corrected chi connectivity index (χ1v) is 10.6. The predicted octanol–water partition coefficient (Wildman–Crippen LogP) is 6.15. The van der Waals surface area contributed by atoms with Crippen LogP contribution in [0.2, 0.25) is 0 Å². The molecule has 1 aliphatic rings. The van der Waals surface area contributed by atoms with Crippen LogP contribution in [0.25, 0.3) is 10.8 Å². The molecule has 0 N–H and O–H groups in total. The van der Waals surface area contributed by atoms with Crippen molar-refractivity contribution in [2.24, 2.45) is 5.92 Å². The highest BCUT2D eigenvalue weighted by atomic mass is 19.2. The standard InChI is InChI=1S/C27H23F3O2/c1-2-3-20-16-31-26(32-17-20)13-7-19-5-9-21(25(29)15-19)8-4-18-6-11-23-22(14-18)10-12-24(28)27(23)30/h2,5-6,9-12,14-15,20,26H,1,3,7,13,16-17H2. The minimum atomic E-state index is -0.892. The number of hydrogen-bond acceptors (Lipinski definition) is 2. The van der Waals surface area contributed by atoms with Crippen molar-refractivity contribution in [1.29, 1.82) is 0 Å². The molecule has 0 bridgehead atoms. The molecule has 0 saturated carbocycles. The summed E-state index contributed by atoms with van der Waals surface area (Å²) in [5.74, 6) is 3.88. The first-order valence-electron chi connectivity index (χ1n) is 10.6. The number of allylic oxidation sites excluding steroid dienone is 1. The van der Waals surface area contributed by atoms with Crippen LogP contribution in [0.4, 0.5) is 13.2 Å². The summed E-state index contributed by atoms with van der Waals surface area (Å²) in [6, 6.07) is 12.3. The summed E-state index contributed by atoms with van der Waals surface area (Å²) in [7, 11) is 0. The Morgan fingerprint density at radius 2 is 1.75 bits per heavy atom. The van der Waals surface area contributed by atoms with Crippen LogP contribution in [0, 0.1) is 35.2 Å². The van der Waals surface area contributed by atoms with Gasteiger partial charge >= 0.3 is 0 Å². The number of aryl methyl sites for hydroxylation is 1. The first-order chi connectivity index (χ1) is 15.5. The highest BCUT2D eigenvalue weighted by Crippen LogP contribution is 2.22. The predicted molar refractivity (Wildman–Crippen MR) is 119 cm³/mol. The van der Waals surface area contributed by atoms with E-state index in [0.29, 0.717) is 42.9 Å². The van der Waals surface area contributed by atoms with Crippen LogP contribution in [0.1, 0.15) is 29.5 Å². The number of hydrogen-bond donors (Lipinski definition) is 0. The molecular weight excluding hydrogens is 413 g/mol. The Balaban J connectivity index is 1.39. The molecule has 0 radical (unpaired) electrons. The lowest BCUT2D eigenvalue weighted by Crippen LogP contribution is -2.32. The molecule has 1 saturated heterocycles. The smallest absolute Gasteiger partial charge is 0.166 e. The van der Waals surface area contributed by atoms with Gasteiger partial charge in [0.05, 0.1) is 18.8 Å². The van der Waals surface area contributed by atoms with E-state index in [1.54, 1.807) is 18.2 Å². The van der Waals surface area contributed by atoms with Gasteiger partial charge in [0.15, 0.2) is 17.9 Å². The summed E-state index contributed by atoms with van der Waals surface area (Å²) in [6.45, 7) is 5.03. The van der Waals surface area contributed by atoms with E-state index in [2.05, 4.69) is 18.4 Å². The van der Waals surface area contributed by atoms with E-state index < -0.39 is 17.5 Å². The Kier molecular flexibility index (Phi) is 6.94. The number of fused-ring (bicyclic) bond motifs is 1. The topological polar surface area (TPSA) is 18.5 Å². The number of halogens is 3. The maximum absolute atomic E-state index is 14.5. The SMILES string of the molecule is C=CCC1COC(CCc2ccc(C#Cc3ccc4c(F)c(F)ccc4c3)c(F)c2)OC1. The molecular formula is C27H23F3O2. The second kappa shape index (κ2) is 10.0. The molecule has 3 aromatic rings. The maximum Gasteiger partial charge on any atom is 0.166 e. The van der Waals surface area contributed by atoms with Gasteiger partial charge in [-0.15, -0.1) is 6.58 Å². The monoisotopic (exact) mass is 436 g/mol. The number of benzene rings is 3. The Morgan fingerprint density at radius 1 is 0.938 bits per heavy atom. The molecule has 0 amide bonds. The fraction of sp³-hybridized carbons (Fsp3) is 0.259. The van der Waals surface area contributed by atoms with Crippen molar-refractivity contribution in [3.05, 3.63) is 95.3 Å². The molecule has 1 aliphatic heterocycles. The zero-order valence-corrected chi connectivity index (χ0v) is 17.5. The summed E-state index contributed by atoms with van der Waals surface area (Å²) in [5.41, 5.74) is 1.71. The van der Waals surface area contributed by atoms with Crippen LogP contribution in [0.3, 0.4) is 0 Å². The summed E-state index contributed by atoms with van der Waals surface area (Å²) < 4.78 is 53.1. The van der Waals surface area contributed by atoms with Crippen molar-refractivity contribution in [2.75, 3.05) is 13.2 Å². The molecule has 1 fully saturated rings. The fourth-order valence-electron chi connectivity index (χ4n) is 3.70. The van der Waals surface area contributed by atoms with Crippen molar-refractivity contribution < 1.29 is 22.6 Å². The lowest BCUT2D eigenvalue weighted by atomic mass is 10.0. The molecule has 0 unspecified atom stereocenters. The average molecular weight is 436 g/mol. The van der Waals surface area contributed by atoms with E-state index in [1.807, 2.05) is 12.1 Å². The van der Waals surface area contributed by atoms with Gasteiger partial charge in [0.2, 0.25) is 0 Å². The van der Waals surface area contributed by atoms with Gasteiger partial charge in [-0.3, -0.25) is 0 Å². The van der Waals surface area contributed by atoms with E-state index in [1.165, 1.54) is 18.2 Å². The lowest BCUT2D eigenvalue weighted by molar-refractivity contribution is -0.201. The maximum atomic E-state index is 14.5. The lowest BCUT2D eigenvalue weighted by Gasteiger charge is -2.28. The second-order valence-electron chi connectivity index (χ2n) is 7.89. The van der Waals surface area contributed by atoms with Gasteiger partial charge in [-0.25, -0.2) is 13.2 Å². The number of rotatable bonds is 5. The van der Waals surface area contributed by atoms with E-state index in [4.69, 9.17) is 9.47 Å². The second-order valence-corrected chi connectivity index (χ2v) is 7.89. The quantitative estimate of drug-likeness (QED) is 0.353. The molecule has 0 aromatic heterocycles. The molecule has 4 rings (SSSR count). The Hall–Kier alpha value is -3.07. The van der Waals surface area contributed by atoms with Gasteiger partial charge in [0.25, 0.3) is 0 Å². The van der Waals surface area contributed by atoms with Gasteiger partial charge in [0.1, 0.15) is 5.82 Å². The third-order valence-electron chi connectivity index (χ3n) is 5.49. The molecule has 2 nitrogen and oxygen atoms in total. The van der Waals surface area contributed by atoms with E-state index >= 15 is 0 Å². The molecule has 0 atom stereocenters. The summed E-state index contributed by atoms with van der Waals surface area (Å²) >= 11 is 0. The molecule has 164 valence electrons. The molecule has 0 aliphatic carbocycles. The molecule has 32 heavy (non-hydrogen) atoms. The fourth-order valence-corrected chi connectivity index (χ4v) is 3.70. The van der Waals surface area contributed by atoms with Crippen molar-refractivity contribution in [1.82, 2.24) is 0 Å². The van der Waals surface area contributed by atoms with Crippen LogP contribution in [0.5, 0.6) is 0 Å². The highest BCUT2D eigenvalue weighted by molar-refractivity contribution is 5.84. The van der Waals surface area contributed by atoms with Crippen molar-refractivity contribution in [3.8, 4) is 11.8 Å². The largest absolute Gasteiger partial charge is 0.352 e. The minimum Gasteiger partial charge on any atom is -0.352 e. The summed E-state index contributed by atoms with van der Waals surface area (Å²) in [4.78, 5) is 0. The number of ether oxygens (including phenoxy) is 2. The van der Waals surface area contributed by atoms with E-state index in [0.717, 1.165) is 18.1 Å². The van der Waals surface area contributed by atoms with Crippen LogP contribution in [0.15, 0.2) is 61.2 Å². The van der Waals surface area contributed by atoms with Crippen molar-refractivity contribution >= 4 is 10.8 Å². The summed E-state index contributed by atoms with van der Waals surface area (Å²) in [6.07, 6.45) is 3.75. The minimum absolute atomic E-state index is 0.188. The molecule has 1 heterocycles. The van der Waals surface area contributed by atoms with Crippen molar-refractivity contribution in [2.45, 2.75) is 25.6 Å². The van der Waals surface area contributed by atoms with E-state index in [9.17, 15) is 13.2 Å². The summed E-state index contributed by atoms with van der Waals surface area (Å²) in [5, 5.41) is 0.725. The van der Waals surface area contributed by atoms with Crippen LogP contribution < -0.4 is 0 Å². The Bertz CT molecular complexity index is 1180. The van der Waals surface area contributed by atoms with Gasteiger partial charge < -0.3 is 9.47 Å². The third kappa shape index (κ3) is 5.21. The van der Waals surface area contributed by atoms with Gasteiger partial charge in [-0.1, -0.05) is 36.1 Å². The van der Waals surface area contributed by atoms with Crippen LogP contribution in [-0.2, 0) is 15.9 Å².